The van der Waals surface area contributed by atoms with E-state index in [1.807, 2.05) is 7.05 Å². The van der Waals surface area contributed by atoms with Crippen LogP contribution < -0.4 is 5.32 Å². The van der Waals surface area contributed by atoms with Crippen LogP contribution in [-0.2, 0) is 12.8 Å². The largest absolute Gasteiger partial charge is 0.356 e. The molecule has 2 aromatic rings. The Morgan fingerprint density at radius 1 is 1.35 bits per heavy atom. The average molecular weight is 371 g/mol. The number of aryl methyl sites for hydroxylation is 1. The van der Waals surface area contributed by atoms with Crippen LogP contribution in [0.1, 0.15) is 42.5 Å². The first-order valence-corrected chi connectivity index (χ1v) is 10.5. The van der Waals surface area contributed by atoms with Gasteiger partial charge < -0.3 is 10.2 Å². The molecule has 2 unspecified atom stereocenters. The Kier molecular flexibility index (Phi) is 6.67. The topological polar surface area (TPSA) is 40.5 Å². The van der Waals surface area contributed by atoms with Gasteiger partial charge >= 0.3 is 0 Å². The molecule has 1 aliphatic heterocycles. The van der Waals surface area contributed by atoms with Gasteiger partial charge in [0, 0.05) is 38.5 Å². The Hall–Kier alpha value is -1.88. The highest BCUT2D eigenvalue weighted by Gasteiger charge is 2.28. The molecule has 5 heteroatoms. The normalized spacial score (nSPS) is 21.0. The number of thiazole rings is 1. The second-order valence-electron chi connectivity index (χ2n) is 7.04. The Balaban J connectivity index is 1.51. The highest BCUT2D eigenvalue weighted by molar-refractivity contribution is 7.09. The molecule has 0 amide bonds. The fourth-order valence-corrected chi connectivity index (χ4v) is 4.57. The molecule has 26 heavy (non-hydrogen) atoms. The summed E-state index contributed by atoms with van der Waals surface area (Å²) in [7, 11) is 1.88. The molecular formula is C21H30N4S. The Bertz CT molecular complexity index is 710. The second-order valence-corrected chi connectivity index (χ2v) is 7.98. The monoisotopic (exact) mass is 370 g/mol. The van der Waals surface area contributed by atoms with Gasteiger partial charge in [-0.25, -0.2) is 4.98 Å². The molecule has 1 saturated heterocycles. The fourth-order valence-electron chi connectivity index (χ4n) is 3.79. The number of nitrogens with one attached hydrogen (secondary N) is 1. The molecule has 1 fully saturated rings. The van der Waals surface area contributed by atoms with Crippen LogP contribution >= 0.6 is 11.3 Å². The summed E-state index contributed by atoms with van der Waals surface area (Å²) in [5, 5.41) is 6.93. The molecule has 1 aromatic heterocycles. The minimum atomic E-state index is 0.621. The van der Waals surface area contributed by atoms with Crippen molar-refractivity contribution in [2.75, 3.05) is 26.7 Å². The third-order valence-corrected chi connectivity index (χ3v) is 6.25. The summed E-state index contributed by atoms with van der Waals surface area (Å²) >= 11 is 1.76. The van der Waals surface area contributed by atoms with E-state index >= 15 is 0 Å². The van der Waals surface area contributed by atoms with Crippen LogP contribution in [0, 0.1) is 5.92 Å². The van der Waals surface area contributed by atoms with E-state index in [0.717, 1.165) is 38.4 Å². The maximum absolute atomic E-state index is 4.64. The van der Waals surface area contributed by atoms with E-state index in [1.165, 1.54) is 22.7 Å². The zero-order valence-corrected chi connectivity index (χ0v) is 16.9. The quantitative estimate of drug-likeness (QED) is 0.640. The number of rotatable bonds is 5. The first-order chi connectivity index (χ1) is 12.7. The van der Waals surface area contributed by atoms with Crippen molar-refractivity contribution >= 4 is 17.3 Å². The molecular weight excluding hydrogens is 340 g/mol. The van der Waals surface area contributed by atoms with Crippen molar-refractivity contribution in [3.63, 3.8) is 0 Å². The third kappa shape index (κ3) is 4.64. The van der Waals surface area contributed by atoms with Crippen molar-refractivity contribution in [3.8, 4) is 0 Å². The minimum Gasteiger partial charge on any atom is -0.356 e. The number of benzene rings is 1. The van der Waals surface area contributed by atoms with Crippen molar-refractivity contribution < 1.29 is 0 Å². The lowest BCUT2D eigenvalue weighted by molar-refractivity contribution is 0.234. The Morgan fingerprint density at radius 2 is 2.15 bits per heavy atom. The molecule has 0 saturated carbocycles. The number of nitrogens with zero attached hydrogens (tertiary/aromatic N) is 3. The van der Waals surface area contributed by atoms with E-state index in [2.05, 4.69) is 69.8 Å². The molecule has 140 valence electrons. The SMILES string of the molecule is CCc1nc(CCNC(=NC)N2CCC(c3ccccc3)C(C)C2)cs1. The smallest absolute Gasteiger partial charge is 0.193 e. The Labute approximate surface area is 161 Å². The second kappa shape index (κ2) is 9.17. The first kappa shape index (κ1) is 18.9. The number of guanidine groups is 1. The van der Waals surface area contributed by atoms with E-state index in [4.69, 9.17) is 0 Å². The summed E-state index contributed by atoms with van der Waals surface area (Å²) < 4.78 is 0. The predicted octanol–water partition coefficient (Wildman–Crippen LogP) is 3.95. The molecule has 4 nitrogen and oxygen atoms in total. The molecule has 0 spiro atoms. The van der Waals surface area contributed by atoms with Crippen molar-refractivity contribution in [2.45, 2.75) is 39.0 Å². The number of hydrogen-bond donors (Lipinski definition) is 1. The van der Waals surface area contributed by atoms with Gasteiger partial charge in [-0.15, -0.1) is 11.3 Å². The fraction of sp³-hybridized carbons (Fsp3) is 0.524. The number of piperidine rings is 1. The molecule has 2 heterocycles. The Morgan fingerprint density at radius 3 is 2.81 bits per heavy atom. The van der Waals surface area contributed by atoms with Gasteiger partial charge in [0.05, 0.1) is 10.7 Å². The standard InChI is InChI=1S/C21H30N4S/c1-4-20-24-18(15-26-20)10-12-23-21(22-3)25-13-11-19(16(2)14-25)17-8-6-5-7-9-17/h5-9,15-16,19H,4,10-14H2,1-3H3,(H,22,23). The van der Waals surface area contributed by atoms with Gasteiger partial charge in [0.15, 0.2) is 5.96 Å². The van der Waals surface area contributed by atoms with Crippen LogP contribution in [0.15, 0.2) is 40.7 Å². The number of aromatic nitrogens is 1. The van der Waals surface area contributed by atoms with Gasteiger partial charge in [0.25, 0.3) is 0 Å². The van der Waals surface area contributed by atoms with Crippen molar-refractivity contribution in [2.24, 2.45) is 10.9 Å². The zero-order chi connectivity index (χ0) is 18.4. The predicted molar refractivity (Wildman–Crippen MR) is 111 cm³/mol. The first-order valence-electron chi connectivity index (χ1n) is 9.65. The van der Waals surface area contributed by atoms with Crippen LogP contribution in [0.2, 0.25) is 0 Å². The van der Waals surface area contributed by atoms with Gasteiger partial charge in [-0.3, -0.25) is 4.99 Å². The molecule has 1 N–H and O–H groups in total. The molecule has 0 radical (unpaired) electrons. The van der Waals surface area contributed by atoms with E-state index in [0.29, 0.717) is 11.8 Å². The lowest BCUT2D eigenvalue weighted by atomic mass is 9.82. The molecule has 2 atom stereocenters. The number of aliphatic imine (C=N–C) groups is 1. The summed E-state index contributed by atoms with van der Waals surface area (Å²) in [5.74, 6) is 2.29. The molecule has 0 bridgehead atoms. The van der Waals surface area contributed by atoms with Crippen molar-refractivity contribution in [3.05, 3.63) is 52.0 Å². The average Bonchev–Trinajstić information content (AvgIpc) is 3.14. The van der Waals surface area contributed by atoms with E-state index in [9.17, 15) is 0 Å². The highest BCUT2D eigenvalue weighted by atomic mass is 32.1. The zero-order valence-electron chi connectivity index (χ0n) is 16.1. The van der Waals surface area contributed by atoms with Crippen LogP contribution in [0.3, 0.4) is 0 Å². The molecule has 1 aromatic carbocycles. The van der Waals surface area contributed by atoms with Crippen LogP contribution in [0.25, 0.3) is 0 Å². The number of hydrogen-bond acceptors (Lipinski definition) is 3. The van der Waals surface area contributed by atoms with E-state index in [-0.39, 0.29) is 0 Å². The van der Waals surface area contributed by atoms with Crippen LogP contribution in [-0.4, -0.2) is 42.5 Å². The van der Waals surface area contributed by atoms with Gasteiger partial charge in [0.2, 0.25) is 0 Å². The lowest BCUT2D eigenvalue weighted by Gasteiger charge is -2.39. The van der Waals surface area contributed by atoms with Gasteiger partial charge in [-0.05, 0) is 30.2 Å². The van der Waals surface area contributed by atoms with Gasteiger partial charge in [-0.1, -0.05) is 44.2 Å². The molecule has 1 aliphatic rings. The summed E-state index contributed by atoms with van der Waals surface area (Å²) in [6, 6.07) is 10.9. The van der Waals surface area contributed by atoms with Gasteiger partial charge in [-0.2, -0.15) is 0 Å². The molecule has 0 aliphatic carbocycles. The third-order valence-electron chi connectivity index (χ3n) is 5.21. The molecule has 3 rings (SSSR count). The minimum absolute atomic E-state index is 0.621. The maximum Gasteiger partial charge on any atom is 0.193 e. The van der Waals surface area contributed by atoms with Crippen LogP contribution in [0.4, 0.5) is 0 Å². The lowest BCUT2D eigenvalue weighted by Crippen LogP contribution is -2.48. The van der Waals surface area contributed by atoms with E-state index < -0.39 is 0 Å². The van der Waals surface area contributed by atoms with Crippen molar-refractivity contribution in [1.82, 2.24) is 15.2 Å². The summed E-state index contributed by atoms with van der Waals surface area (Å²) in [6.45, 7) is 7.50. The maximum atomic E-state index is 4.64. The van der Waals surface area contributed by atoms with Crippen molar-refractivity contribution in [1.29, 1.82) is 0 Å². The van der Waals surface area contributed by atoms with Crippen LogP contribution in [0.5, 0.6) is 0 Å². The van der Waals surface area contributed by atoms with Gasteiger partial charge in [0.1, 0.15) is 0 Å². The van der Waals surface area contributed by atoms with E-state index in [1.54, 1.807) is 11.3 Å². The highest BCUT2D eigenvalue weighted by Crippen LogP contribution is 2.32. The summed E-state index contributed by atoms with van der Waals surface area (Å²) in [6.07, 6.45) is 3.15. The summed E-state index contributed by atoms with van der Waals surface area (Å²) in [5.41, 5.74) is 2.66. The summed E-state index contributed by atoms with van der Waals surface area (Å²) in [4.78, 5) is 11.6. The number of likely N-dealkylation sites (tertiary alicyclic amines) is 1.